The van der Waals surface area contributed by atoms with Gasteiger partial charge in [0, 0.05) is 25.9 Å². The number of fused-ring (bicyclic) bond motifs is 1. The third kappa shape index (κ3) is 3.65. The average molecular weight is 343 g/mol. The lowest BCUT2D eigenvalue weighted by molar-refractivity contribution is 0.235. The molecule has 4 rings (SSSR count). The molecule has 132 valence electrons. The van der Waals surface area contributed by atoms with E-state index in [0.717, 1.165) is 49.4 Å². The number of aryl methyl sites for hydroxylation is 1. The molecule has 1 aliphatic carbocycles. The van der Waals surface area contributed by atoms with Crippen molar-refractivity contribution in [1.82, 2.24) is 25.4 Å². The van der Waals surface area contributed by atoms with Crippen molar-refractivity contribution in [3.63, 3.8) is 0 Å². The van der Waals surface area contributed by atoms with E-state index in [4.69, 9.17) is 0 Å². The first-order chi connectivity index (χ1) is 12.2. The van der Waals surface area contributed by atoms with Crippen LogP contribution in [-0.4, -0.2) is 27.3 Å². The third-order valence-corrected chi connectivity index (χ3v) is 4.93. The molecular formula is C18H22FN5O. The van der Waals surface area contributed by atoms with Gasteiger partial charge in [0.2, 0.25) is 0 Å². The molecule has 2 aliphatic rings. The van der Waals surface area contributed by atoms with Crippen LogP contribution in [0.15, 0.2) is 24.3 Å². The van der Waals surface area contributed by atoms with E-state index in [1.165, 1.54) is 12.1 Å². The van der Waals surface area contributed by atoms with Crippen molar-refractivity contribution in [3.8, 4) is 0 Å². The van der Waals surface area contributed by atoms with Gasteiger partial charge < -0.3 is 15.2 Å². The predicted octanol–water partition coefficient (Wildman–Crippen LogP) is 2.36. The van der Waals surface area contributed by atoms with Crippen molar-refractivity contribution in [2.75, 3.05) is 6.54 Å². The molecule has 2 heterocycles. The number of amides is 2. The first-order valence-corrected chi connectivity index (χ1v) is 8.91. The van der Waals surface area contributed by atoms with Crippen molar-refractivity contribution in [2.24, 2.45) is 5.92 Å². The summed E-state index contributed by atoms with van der Waals surface area (Å²) in [6.07, 6.45) is 4.96. The number of carbonyl (C=O) groups is 1. The Morgan fingerprint density at radius 2 is 2.08 bits per heavy atom. The third-order valence-electron chi connectivity index (χ3n) is 4.93. The summed E-state index contributed by atoms with van der Waals surface area (Å²) in [4.78, 5) is 12.2. The second-order valence-corrected chi connectivity index (χ2v) is 6.80. The molecular weight excluding hydrogens is 321 g/mol. The molecule has 2 amide bonds. The fourth-order valence-electron chi connectivity index (χ4n) is 3.45. The van der Waals surface area contributed by atoms with Gasteiger partial charge in [-0.25, -0.2) is 9.18 Å². The average Bonchev–Trinajstić information content (AvgIpc) is 3.21. The summed E-state index contributed by atoms with van der Waals surface area (Å²) < 4.78 is 15.3. The number of halogens is 1. The number of rotatable bonds is 6. The van der Waals surface area contributed by atoms with E-state index in [0.29, 0.717) is 18.9 Å². The molecule has 0 saturated heterocycles. The number of hydrogen-bond donors (Lipinski definition) is 2. The zero-order valence-corrected chi connectivity index (χ0v) is 14.0. The minimum absolute atomic E-state index is 0.0575. The Balaban J connectivity index is 1.30. The lowest BCUT2D eigenvalue weighted by Gasteiger charge is -2.19. The zero-order chi connectivity index (χ0) is 17.2. The summed E-state index contributed by atoms with van der Waals surface area (Å²) >= 11 is 0. The molecule has 0 spiro atoms. The number of carbonyl (C=O) groups excluding carboxylic acids is 1. The lowest BCUT2D eigenvalue weighted by atomic mass is 10.0. The van der Waals surface area contributed by atoms with Gasteiger partial charge >= 0.3 is 6.03 Å². The molecule has 1 atom stereocenters. The summed E-state index contributed by atoms with van der Waals surface area (Å²) in [5.41, 5.74) is 0.953. The van der Waals surface area contributed by atoms with Gasteiger partial charge in [0.05, 0.1) is 6.04 Å². The van der Waals surface area contributed by atoms with Crippen molar-refractivity contribution in [2.45, 2.75) is 44.7 Å². The van der Waals surface area contributed by atoms with Crippen molar-refractivity contribution >= 4 is 6.03 Å². The van der Waals surface area contributed by atoms with Crippen LogP contribution in [0.1, 0.15) is 42.5 Å². The van der Waals surface area contributed by atoms with E-state index >= 15 is 0 Å². The van der Waals surface area contributed by atoms with Crippen molar-refractivity contribution < 1.29 is 9.18 Å². The van der Waals surface area contributed by atoms with Crippen LogP contribution in [0.25, 0.3) is 0 Å². The number of aromatic nitrogens is 3. The Morgan fingerprint density at radius 1 is 1.28 bits per heavy atom. The topological polar surface area (TPSA) is 71.8 Å². The maximum Gasteiger partial charge on any atom is 0.315 e. The molecule has 1 aromatic carbocycles. The van der Waals surface area contributed by atoms with Gasteiger partial charge in [-0.15, -0.1) is 10.2 Å². The van der Waals surface area contributed by atoms with Gasteiger partial charge in [0.25, 0.3) is 0 Å². The van der Waals surface area contributed by atoms with Gasteiger partial charge in [-0.2, -0.15) is 0 Å². The molecule has 6 nitrogen and oxygen atoms in total. The molecule has 0 bridgehead atoms. The SMILES string of the molecule is O=C(NCCc1nnc2n1CCC2)N[C@H](c1ccc(F)cc1)C1CC1. The molecule has 2 N–H and O–H groups in total. The lowest BCUT2D eigenvalue weighted by Crippen LogP contribution is -2.39. The quantitative estimate of drug-likeness (QED) is 0.846. The summed E-state index contributed by atoms with van der Waals surface area (Å²) in [5, 5.41) is 14.3. The maximum atomic E-state index is 13.1. The Bertz CT molecular complexity index is 753. The number of hydrogen-bond acceptors (Lipinski definition) is 3. The number of nitrogens with one attached hydrogen (secondary N) is 2. The largest absolute Gasteiger partial charge is 0.338 e. The van der Waals surface area contributed by atoms with Gasteiger partial charge in [-0.05, 0) is 42.9 Å². The molecule has 1 fully saturated rings. The highest BCUT2D eigenvalue weighted by atomic mass is 19.1. The van der Waals surface area contributed by atoms with Crippen LogP contribution in [0.5, 0.6) is 0 Å². The van der Waals surface area contributed by atoms with Crippen LogP contribution in [0.4, 0.5) is 9.18 Å². The molecule has 1 aliphatic heterocycles. The minimum atomic E-state index is -0.261. The first kappa shape index (κ1) is 16.1. The van der Waals surface area contributed by atoms with E-state index in [-0.39, 0.29) is 17.9 Å². The van der Waals surface area contributed by atoms with E-state index in [9.17, 15) is 9.18 Å². The van der Waals surface area contributed by atoms with Crippen molar-refractivity contribution in [3.05, 3.63) is 47.3 Å². The number of urea groups is 1. The fourth-order valence-corrected chi connectivity index (χ4v) is 3.45. The van der Waals surface area contributed by atoms with E-state index in [2.05, 4.69) is 25.4 Å². The fraction of sp³-hybridized carbons (Fsp3) is 0.500. The Kier molecular flexibility index (Phi) is 4.38. The Morgan fingerprint density at radius 3 is 2.84 bits per heavy atom. The standard InChI is InChI=1S/C18H22FN5O/c19-14-7-5-13(6-8-14)17(12-3-4-12)21-18(25)20-10-9-16-23-22-15-2-1-11-24(15)16/h5-8,12,17H,1-4,9-11H2,(H2,20,21,25)/t17-/m0/s1. The van der Waals surface area contributed by atoms with Crippen LogP contribution in [0, 0.1) is 11.7 Å². The summed E-state index contributed by atoms with van der Waals surface area (Å²) in [6, 6.07) is 6.13. The summed E-state index contributed by atoms with van der Waals surface area (Å²) in [7, 11) is 0. The van der Waals surface area contributed by atoms with Crippen LogP contribution >= 0.6 is 0 Å². The maximum absolute atomic E-state index is 13.1. The minimum Gasteiger partial charge on any atom is -0.338 e. The predicted molar refractivity (Wildman–Crippen MR) is 90.4 cm³/mol. The molecule has 0 unspecified atom stereocenters. The van der Waals surface area contributed by atoms with Gasteiger partial charge in [0.1, 0.15) is 17.5 Å². The molecule has 2 aromatic rings. The summed E-state index contributed by atoms with van der Waals surface area (Å²) in [5.74, 6) is 2.16. The Labute approximate surface area is 145 Å². The van der Waals surface area contributed by atoms with Crippen LogP contribution in [0.2, 0.25) is 0 Å². The zero-order valence-electron chi connectivity index (χ0n) is 14.0. The van der Waals surface area contributed by atoms with E-state index < -0.39 is 0 Å². The highest BCUT2D eigenvalue weighted by molar-refractivity contribution is 5.74. The second kappa shape index (κ2) is 6.82. The first-order valence-electron chi connectivity index (χ1n) is 8.91. The van der Waals surface area contributed by atoms with E-state index in [1.807, 2.05) is 0 Å². The van der Waals surface area contributed by atoms with Crippen LogP contribution in [-0.2, 0) is 19.4 Å². The summed E-state index contributed by atoms with van der Waals surface area (Å²) in [6.45, 7) is 1.49. The molecule has 1 aromatic heterocycles. The Hall–Kier alpha value is -2.44. The van der Waals surface area contributed by atoms with Gasteiger partial charge in [0.15, 0.2) is 0 Å². The van der Waals surface area contributed by atoms with Gasteiger partial charge in [-0.3, -0.25) is 0 Å². The molecule has 0 radical (unpaired) electrons. The van der Waals surface area contributed by atoms with Gasteiger partial charge in [-0.1, -0.05) is 12.1 Å². The number of nitrogens with zero attached hydrogens (tertiary/aromatic N) is 3. The monoisotopic (exact) mass is 343 g/mol. The normalized spacial score (nSPS) is 17.2. The highest BCUT2D eigenvalue weighted by Crippen LogP contribution is 2.40. The molecule has 25 heavy (non-hydrogen) atoms. The van der Waals surface area contributed by atoms with Crippen LogP contribution in [0.3, 0.4) is 0 Å². The second-order valence-electron chi connectivity index (χ2n) is 6.80. The number of benzene rings is 1. The molecule has 1 saturated carbocycles. The van der Waals surface area contributed by atoms with Crippen LogP contribution < -0.4 is 10.6 Å². The molecule has 7 heteroatoms. The highest BCUT2D eigenvalue weighted by Gasteiger charge is 2.33. The van der Waals surface area contributed by atoms with Crippen molar-refractivity contribution in [1.29, 1.82) is 0 Å². The van der Waals surface area contributed by atoms with E-state index in [1.54, 1.807) is 12.1 Å². The smallest absolute Gasteiger partial charge is 0.315 e.